The van der Waals surface area contributed by atoms with Gasteiger partial charge in [0.25, 0.3) is 0 Å². The topological polar surface area (TPSA) is 38.9 Å². The molecule has 0 amide bonds. The van der Waals surface area contributed by atoms with Gasteiger partial charge in [0.1, 0.15) is 5.01 Å². The van der Waals surface area contributed by atoms with Gasteiger partial charge in [-0.25, -0.2) is 4.98 Å². The van der Waals surface area contributed by atoms with Crippen molar-refractivity contribution in [2.75, 3.05) is 0 Å². The second-order valence-corrected chi connectivity index (χ2v) is 5.43. The lowest BCUT2D eigenvalue weighted by Gasteiger charge is -2.13. The Bertz CT molecular complexity index is 480. The molecule has 0 saturated carbocycles. The normalized spacial score (nSPS) is 12.3. The second kappa shape index (κ2) is 3.58. The molecule has 1 heterocycles. The number of hydrogen-bond acceptors (Lipinski definition) is 3. The zero-order chi connectivity index (χ0) is 11.1. The Morgan fingerprint density at radius 2 is 2.13 bits per heavy atom. The highest BCUT2D eigenvalue weighted by atomic mass is 32.1. The third-order valence-electron chi connectivity index (χ3n) is 2.41. The van der Waals surface area contributed by atoms with Crippen molar-refractivity contribution < 1.29 is 0 Å². The molecule has 2 aromatic rings. The number of hydrogen-bond donors (Lipinski definition) is 1. The van der Waals surface area contributed by atoms with Crippen LogP contribution in [0.3, 0.4) is 0 Å². The summed E-state index contributed by atoms with van der Waals surface area (Å²) in [5, 5.41) is 1.01. The quantitative estimate of drug-likeness (QED) is 0.844. The molecule has 2 nitrogen and oxygen atoms in total. The van der Waals surface area contributed by atoms with Crippen molar-refractivity contribution in [2.24, 2.45) is 5.73 Å². The van der Waals surface area contributed by atoms with Crippen LogP contribution >= 0.6 is 11.3 Å². The van der Waals surface area contributed by atoms with E-state index in [9.17, 15) is 0 Å². The van der Waals surface area contributed by atoms with Gasteiger partial charge in [-0.2, -0.15) is 0 Å². The van der Waals surface area contributed by atoms with Gasteiger partial charge < -0.3 is 5.73 Å². The highest BCUT2D eigenvalue weighted by Crippen LogP contribution is 2.29. The van der Waals surface area contributed by atoms with Crippen LogP contribution in [0.4, 0.5) is 0 Å². The van der Waals surface area contributed by atoms with Crippen molar-refractivity contribution >= 4 is 21.6 Å². The summed E-state index contributed by atoms with van der Waals surface area (Å²) < 4.78 is 1.24. The largest absolute Gasteiger partial charge is 0.320 e. The van der Waals surface area contributed by atoms with Crippen LogP contribution in [0.2, 0.25) is 0 Å². The summed E-state index contributed by atoms with van der Waals surface area (Å²) in [4.78, 5) is 4.55. The average Bonchev–Trinajstić information content (AvgIpc) is 2.59. The first-order chi connectivity index (χ1) is 7.00. The molecule has 0 radical (unpaired) electrons. The standard InChI is InChI=1S/C12H16N2S/c1-4-8-5-6-9-10(7-8)15-11(14-9)12(2,3)13/h5-7H,4,13H2,1-3H3. The van der Waals surface area contributed by atoms with Crippen molar-refractivity contribution in [3.8, 4) is 0 Å². The molecule has 2 N–H and O–H groups in total. The van der Waals surface area contributed by atoms with Crippen LogP contribution in [-0.2, 0) is 12.0 Å². The molecular formula is C12H16N2S. The number of nitrogens with zero attached hydrogens (tertiary/aromatic N) is 1. The van der Waals surface area contributed by atoms with E-state index in [2.05, 4.69) is 30.1 Å². The summed E-state index contributed by atoms with van der Waals surface area (Å²) >= 11 is 1.70. The average molecular weight is 220 g/mol. The van der Waals surface area contributed by atoms with Crippen molar-refractivity contribution in [3.63, 3.8) is 0 Å². The first-order valence-corrected chi connectivity index (χ1v) is 6.01. The lowest BCUT2D eigenvalue weighted by atomic mass is 10.1. The Morgan fingerprint density at radius 3 is 2.73 bits per heavy atom. The van der Waals surface area contributed by atoms with Crippen molar-refractivity contribution in [3.05, 3.63) is 28.8 Å². The Kier molecular flexibility index (Phi) is 2.52. The summed E-state index contributed by atoms with van der Waals surface area (Å²) in [6.07, 6.45) is 1.06. The van der Waals surface area contributed by atoms with Crippen LogP contribution < -0.4 is 5.73 Å². The van der Waals surface area contributed by atoms with Gasteiger partial charge in [0.15, 0.2) is 0 Å². The smallest absolute Gasteiger partial charge is 0.113 e. The maximum atomic E-state index is 6.04. The highest BCUT2D eigenvalue weighted by Gasteiger charge is 2.18. The lowest BCUT2D eigenvalue weighted by Crippen LogP contribution is -2.28. The van der Waals surface area contributed by atoms with Crippen molar-refractivity contribution in [1.82, 2.24) is 4.98 Å². The van der Waals surface area contributed by atoms with E-state index < -0.39 is 0 Å². The molecule has 1 aromatic carbocycles. The minimum Gasteiger partial charge on any atom is -0.320 e. The SMILES string of the molecule is CCc1ccc2nc(C(C)(C)N)sc2c1. The van der Waals surface area contributed by atoms with E-state index >= 15 is 0 Å². The predicted molar refractivity (Wildman–Crippen MR) is 66.2 cm³/mol. The van der Waals surface area contributed by atoms with Crippen LogP contribution in [-0.4, -0.2) is 4.98 Å². The molecule has 0 spiro atoms. The number of aryl methyl sites for hydroxylation is 1. The van der Waals surface area contributed by atoms with Crippen molar-refractivity contribution in [2.45, 2.75) is 32.7 Å². The Morgan fingerprint density at radius 1 is 1.40 bits per heavy atom. The molecule has 0 fully saturated rings. The summed E-state index contributed by atoms with van der Waals surface area (Å²) in [6.45, 7) is 6.15. The van der Waals surface area contributed by atoms with Gasteiger partial charge in [-0.1, -0.05) is 13.0 Å². The van der Waals surface area contributed by atoms with Gasteiger partial charge in [0, 0.05) is 0 Å². The maximum absolute atomic E-state index is 6.04. The van der Waals surface area contributed by atoms with Crippen LogP contribution in [0, 0.1) is 0 Å². The van der Waals surface area contributed by atoms with Gasteiger partial charge in [-0.3, -0.25) is 0 Å². The maximum Gasteiger partial charge on any atom is 0.113 e. The van der Waals surface area contributed by atoms with Gasteiger partial charge in [-0.05, 0) is 38.0 Å². The molecule has 0 saturated heterocycles. The van der Waals surface area contributed by atoms with Gasteiger partial charge >= 0.3 is 0 Å². The molecule has 15 heavy (non-hydrogen) atoms. The molecule has 0 atom stereocenters. The summed E-state index contributed by atoms with van der Waals surface area (Å²) in [5.41, 5.74) is 8.12. The molecule has 0 aliphatic carbocycles. The van der Waals surface area contributed by atoms with Gasteiger partial charge in [0.05, 0.1) is 15.8 Å². The van der Waals surface area contributed by atoms with E-state index in [0.29, 0.717) is 0 Å². The molecule has 0 unspecified atom stereocenters. The number of nitrogens with two attached hydrogens (primary N) is 1. The van der Waals surface area contributed by atoms with Gasteiger partial charge in [0.2, 0.25) is 0 Å². The fourth-order valence-corrected chi connectivity index (χ4v) is 2.51. The number of rotatable bonds is 2. The first kappa shape index (κ1) is 10.6. The third kappa shape index (κ3) is 2.03. The third-order valence-corrected chi connectivity index (χ3v) is 3.77. The van der Waals surface area contributed by atoms with Crippen LogP contribution in [0.25, 0.3) is 10.2 Å². The van der Waals surface area contributed by atoms with E-state index in [4.69, 9.17) is 5.73 Å². The minimum absolute atomic E-state index is 0.337. The number of benzene rings is 1. The molecule has 0 aliphatic rings. The van der Waals surface area contributed by atoms with Crippen molar-refractivity contribution in [1.29, 1.82) is 0 Å². The van der Waals surface area contributed by atoms with E-state index in [1.807, 2.05) is 13.8 Å². The van der Waals surface area contributed by atoms with E-state index in [0.717, 1.165) is 16.9 Å². The van der Waals surface area contributed by atoms with E-state index in [1.165, 1.54) is 10.3 Å². The number of fused-ring (bicyclic) bond motifs is 1. The zero-order valence-electron chi connectivity index (χ0n) is 9.37. The summed E-state index contributed by atoms with van der Waals surface area (Å²) in [7, 11) is 0. The highest BCUT2D eigenvalue weighted by molar-refractivity contribution is 7.18. The molecule has 0 bridgehead atoms. The van der Waals surface area contributed by atoms with Gasteiger partial charge in [-0.15, -0.1) is 11.3 Å². The summed E-state index contributed by atoms with van der Waals surface area (Å²) in [6, 6.07) is 6.43. The number of aromatic nitrogens is 1. The molecule has 1 aromatic heterocycles. The Labute approximate surface area is 94.1 Å². The number of thiazole rings is 1. The van der Waals surface area contributed by atoms with E-state index in [-0.39, 0.29) is 5.54 Å². The van der Waals surface area contributed by atoms with Crippen LogP contribution in [0.15, 0.2) is 18.2 Å². The lowest BCUT2D eigenvalue weighted by molar-refractivity contribution is 0.551. The molecule has 80 valence electrons. The summed E-state index contributed by atoms with van der Waals surface area (Å²) in [5.74, 6) is 0. The fourth-order valence-electron chi connectivity index (χ4n) is 1.46. The molecule has 2 rings (SSSR count). The Hall–Kier alpha value is -0.930. The van der Waals surface area contributed by atoms with Crippen LogP contribution in [0.5, 0.6) is 0 Å². The fraction of sp³-hybridized carbons (Fsp3) is 0.417. The molecule has 0 aliphatic heterocycles. The predicted octanol–water partition coefficient (Wildman–Crippen LogP) is 3.05. The zero-order valence-corrected chi connectivity index (χ0v) is 10.2. The van der Waals surface area contributed by atoms with Crippen LogP contribution in [0.1, 0.15) is 31.3 Å². The van der Waals surface area contributed by atoms with E-state index in [1.54, 1.807) is 11.3 Å². The second-order valence-electron chi connectivity index (χ2n) is 4.40. The molecular weight excluding hydrogens is 204 g/mol. The molecule has 3 heteroatoms. The Balaban J connectivity index is 2.56. The first-order valence-electron chi connectivity index (χ1n) is 5.19. The monoisotopic (exact) mass is 220 g/mol. The minimum atomic E-state index is -0.337.